The van der Waals surface area contributed by atoms with Gasteiger partial charge in [0.15, 0.2) is 5.15 Å². The van der Waals surface area contributed by atoms with Gasteiger partial charge in [-0.05, 0) is 25.0 Å². The molecule has 3 N–H and O–H groups in total. The second-order valence-corrected chi connectivity index (χ2v) is 3.71. The Labute approximate surface area is 93.8 Å². The van der Waals surface area contributed by atoms with E-state index in [0.717, 1.165) is 5.56 Å². The number of nitrogens with two attached hydrogens (primary N) is 1. The number of pyridine rings is 1. The molecular formula is C10H14ClN3O. The van der Waals surface area contributed by atoms with E-state index in [0.29, 0.717) is 12.1 Å². The van der Waals surface area contributed by atoms with Crippen molar-refractivity contribution in [3.63, 3.8) is 0 Å². The Morgan fingerprint density at radius 2 is 2.40 bits per heavy atom. The predicted molar refractivity (Wildman–Crippen MR) is 60.9 cm³/mol. The number of hydrogen-bond donors (Lipinski definition) is 2. The number of amides is 1. The van der Waals surface area contributed by atoms with Gasteiger partial charge in [0.25, 0.3) is 0 Å². The molecule has 0 spiro atoms. The van der Waals surface area contributed by atoms with Crippen LogP contribution in [0.5, 0.6) is 0 Å². The minimum absolute atomic E-state index is 0.244. The van der Waals surface area contributed by atoms with Crippen LogP contribution in [0.2, 0.25) is 5.15 Å². The van der Waals surface area contributed by atoms with Crippen molar-refractivity contribution in [2.75, 3.05) is 5.32 Å². The lowest BCUT2D eigenvalue weighted by Gasteiger charge is -2.11. The van der Waals surface area contributed by atoms with Gasteiger partial charge in [-0.15, -0.1) is 0 Å². The van der Waals surface area contributed by atoms with E-state index < -0.39 is 6.04 Å². The Hall–Kier alpha value is -1.13. The molecule has 82 valence electrons. The molecule has 1 atom stereocenters. The fraction of sp³-hybridized carbons (Fsp3) is 0.400. The van der Waals surface area contributed by atoms with E-state index in [-0.39, 0.29) is 11.1 Å². The lowest BCUT2D eigenvalue weighted by molar-refractivity contribution is -0.117. The monoisotopic (exact) mass is 227 g/mol. The molecule has 5 heteroatoms. The summed E-state index contributed by atoms with van der Waals surface area (Å²) in [7, 11) is 0. The van der Waals surface area contributed by atoms with Gasteiger partial charge in [-0.3, -0.25) is 4.79 Å². The van der Waals surface area contributed by atoms with Crippen LogP contribution in [0.15, 0.2) is 12.3 Å². The van der Waals surface area contributed by atoms with E-state index in [9.17, 15) is 4.79 Å². The van der Waals surface area contributed by atoms with Crippen LogP contribution < -0.4 is 11.1 Å². The Kier molecular flexibility index (Phi) is 4.05. The minimum atomic E-state index is -0.512. The van der Waals surface area contributed by atoms with Crippen molar-refractivity contribution in [2.24, 2.45) is 5.73 Å². The molecule has 1 aromatic rings. The highest BCUT2D eigenvalue weighted by Crippen LogP contribution is 2.19. The first-order valence-corrected chi connectivity index (χ1v) is 5.11. The molecule has 0 aliphatic carbocycles. The van der Waals surface area contributed by atoms with Crippen molar-refractivity contribution >= 4 is 23.2 Å². The van der Waals surface area contributed by atoms with Gasteiger partial charge in [-0.2, -0.15) is 0 Å². The zero-order valence-corrected chi connectivity index (χ0v) is 9.51. The Morgan fingerprint density at radius 1 is 1.73 bits per heavy atom. The standard InChI is InChI=1S/C10H14ClN3O/c1-3-7(12)10(15)14-8-4-6(2)5-13-9(8)11/h4-5,7H,3,12H2,1-2H3,(H,14,15). The molecule has 1 heterocycles. The average Bonchev–Trinajstić information content (AvgIpc) is 2.22. The minimum Gasteiger partial charge on any atom is -0.322 e. The fourth-order valence-electron chi connectivity index (χ4n) is 1.05. The van der Waals surface area contributed by atoms with E-state index in [1.165, 1.54) is 0 Å². The van der Waals surface area contributed by atoms with Crippen molar-refractivity contribution < 1.29 is 4.79 Å². The van der Waals surface area contributed by atoms with Crippen molar-refractivity contribution in [3.8, 4) is 0 Å². The van der Waals surface area contributed by atoms with Crippen LogP contribution >= 0.6 is 11.6 Å². The van der Waals surface area contributed by atoms with Gasteiger partial charge in [0, 0.05) is 6.20 Å². The maximum absolute atomic E-state index is 11.5. The Bertz CT molecular complexity index is 368. The van der Waals surface area contributed by atoms with E-state index in [2.05, 4.69) is 10.3 Å². The van der Waals surface area contributed by atoms with E-state index in [1.807, 2.05) is 13.8 Å². The number of rotatable bonds is 3. The molecule has 0 saturated heterocycles. The van der Waals surface area contributed by atoms with Crippen LogP contribution in [0.4, 0.5) is 5.69 Å². The van der Waals surface area contributed by atoms with Crippen LogP contribution in [0.3, 0.4) is 0 Å². The smallest absolute Gasteiger partial charge is 0.241 e. The molecule has 0 fully saturated rings. The van der Waals surface area contributed by atoms with Gasteiger partial charge in [0.05, 0.1) is 11.7 Å². The number of carbonyl (C=O) groups excluding carboxylic acids is 1. The fourth-order valence-corrected chi connectivity index (χ4v) is 1.20. The zero-order valence-electron chi connectivity index (χ0n) is 8.75. The van der Waals surface area contributed by atoms with Crippen molar-refractivity contribution in [1.29, 1.82) is 0 Å². The third-order valence-electron chi connectivity index (χ3n) is 2.01. The SMILES string of the molecule is CCC(N)C(=O)Nc1cc(C)cnc1Cl. The lowest BCUT2D eigenvalue weighted by atomic mass is 10.2. The first-order valence-electron chi connectivity index (χ1n) is 4.73. The van der Waals surface area contributed by atoms with Crippen LogP contribution in [0, 0.1) is 6.92 Å². The third kappa shape index (κ3) is 3.18. The predicted octanol–water partition coefficient (Wildman–Crippen LogP) is 1.72. The van der Waals surface area contributed by atoms with Gasteiger partial charge in [-0.25, -0.2) is 4.98 Å². The first kappa shape index (κ1) is 11.9. The van der Waals surface area contributed by atoms with Gasteiger partial charge in [-0.1, -0.05) is 18.5 Å². The number of carbonyl (C=O) groups is 1. The van der Waals surface area contributed by atoms with Gasteiger partial charge < -0.3 is 11.1 Å². The molecule has 0 bridgehead atoms. The van der Waals surface area contributed by atoms with Gasteiger partial charge >= 0.3 is 0 Å². The molecule has 4 nitrogen and oxygen atoms in total. The number of halogens is 1. The molecule has 0 saturated carbocycles. The van der Waals surface area contributed by atoms with Crippen LogP contribution in [-0.4, -0.2) is 16.9 Å². The Balaban J connectivity index is 2.80. The van der Waals surface area contributed by atoms with Crippen LogP contribution in [0.25, 0.3) is 0 Å². The Morgan fingerprint density at radius 3 is 3.00 bits per heavy atom. The summed E-state index contributed by atoms with van der Waals surface area (Å²) in [6.45, 7) is 3.72. The van der Waals surface area contributed by atoms with Crippen LogP contribution in [0.1, 0.15) is 18.9 Å². The molecule has 0 radical (unpaired) electrons. The summed E-state index contributed by atoms with van der Waals surface area (Å²) in [4.78, 5) is 15.4. The largest absolute Gasteiger partial charge is 0.322 e. The van der Waals surface area contributed by atoms with Crippen molar-refractivity contribution in [3.05, 3.63) is 23.0 Å². The van der Waals surface area contributed by atoms with Crippen molar-refractivity contribution in [2.45, 2.75) is 26.3 Å². The number of hydrogen-bond acceptors (Lipinski definition) is 3. The molecule has 15 heavy (non-hydrogen) atoms. The summed E-state index contributed by atoms with van der Waals surface area (Å²) in [5.41, 5.74) is 7.01. The molecule has 1 unspecified atom stereocenters. The normalized spacial score (nSPS) is 12.3. The summed E-state index contributed by atoms with van der Waals surface area (Å²) in [5, 5.41) is 2.92. The zero-order chi connectivity index (χ0) is 11.4. The summed E-state index contributed by atoms with van der Waals surface area (Å²) < 4.78 is 0. The molecule has 0 aliphatic rings. The maximum atomic E-state index is 11.5. The number of nitrogens with one attached hydrogen (secondary N) is 1. The van der Waals surface area contributed by atoms with Crippen molar-refractivity contribution in [1.82, 2.24) is 4.98 Å². The molecule has 1 amide bonds. The second kappa shape index (κ2) is 5.09. The highest BCUT2D eigenvalue weighted by Gasteiger charge is 2.12. The van der Waals surface area contributed by atoms with Gasteiger partial charge in [0.2, 0.25) is 5.91 Å². The number of aromatic nitrogens is 1. The summed E-state index contributed by atoms with van der Waals surface area (Å²) in [5.74, 6) is -0.244. The molecule has 0 aliphatic heterocycles. The number of anilines is 1. The average molecular weight is 228 g/mol. The van der Waals surface area contributed by atoms with E-state index in [4.69, 9.17) is 17.3 Å². The summed E-state index contributed by atoms with van der Waals surface area (Å²) >= 11 is 5.82. The highest BCUT2D eigenvalue weighted by molar-refractivity contribution is 6.32. The highest BCUT2D eigenvalue weighted by atomic mass is 35.5. The third-order valence-corrected chi connectivity index (χ3v) is 2.31. The second-order valence-electron chi connectivity index (χ2n) is 3.36. The number of aryl methyl sites for hydroxylation is 1. The van der Waals surface area contributed by atoms with E-state index >= 15 is 0 Å². The number of nitrogens with zero attached hydrogens (tertiary/aromatic N) is 1. The molecule has 1 aromatic heterocycles. The molecule has 1 rings (SSSR count). The van der Waals surface area contributed by atoms with Gasteiger partial charge in [0.1, 0.15) is 0 Å². The van der Waals surface area contributed by atoms with E-state index in [1.54, 1.807) is 12.3 Å². The topological polar surface area (TPSA) is 68.0 Å². The first-order chi connectivity index (χ1) is 7.04. The maximum Gasteiger partial charge on any atom is 0.241 e. The lowest BCUT2D eigenvalue weighted by Crippen LogP contribution is -2.34. The molecule has 0 aromatic carbocycles. The molecular weight excluding hydrogens is 214 g/mol. The summed E-state index contributed by atoms with van der Waals surface area (Å²) in [6.07, 6.45) is 2.22. The van der Waals surface area contributed by atoms with Crippen LogP contribution in [-0.2, 0) is 4.79 Å². The summed E-state index contributed by atoms with van der Waals surface area (Å²) in [6, 6.07) is 1.25. The quantitative estimate of drug-likeness (QED) is 0.773.